The molecule has 0 spiro atoms. The van der Waals surface area contributed by atoms with Crippen molar-refractivity contribution in [1.29, 1.82) is 0 Å². The van der Waals surface area contributed by atoms with Crippen molar-refractivity contribution in [3.05, 3.63) is 41.2 Å². The van der Waals surface area contributed by atoms with Gasteiger partial charge in [-0.15, -0.1) is 12.4 Å². The molecule has 0 radical (unpaired) electrons. The lowest BCUT2D eigenvalue weighted by Gasteiger charge is -2.11. The Labute approximate surface area is 159 Å². The first-order chi connectivity index (χ1) is 12.1. The summed E-state index contributed by atoms with van der Waals surface area (Å²) in [4.78, 5) is 16.8. The lowest BCUT2D eigenvalue weighted by molar-refractivity contribution is -0.121. The topological polar surface area (TPSA) is 85.3 Å². The molecule has 140 valence electrons. The van der Waals surface area contributed by atoms with E-state index in [0.717, 1.165) is 46.3 Å². The quantitative estimate of drug-likeness (QED) is 0.622. The molecule has 3 aromatic rings. The average Bonchev–Trinajstić information content (AvgIpc) is 2.97. The second-order valence-electron chi connectivity index (χ2n) is 6.36. The minimum absolute atomic E-state index is 0. The zero-order valence-electron chi connectivity index (χ0n) is 15.3. The van der Waals surface area contributed by atoms with Gasteiger partial charge in [0.2, 0.25) is 5.91 Å². The van der Waals surface area contributed by atoms with E-state index >= 15 is 0 Å². The fourth-order valence-electron chi connectivity index (χ4n) is 3.16. The van der Waals surface area contributed by atoms with Crippen LogP contribution in [0, 0.1) is 13.8 Å². The number of nitrogens with one attached hydrogen (secondary N) is 1. The Morgan fingerprint density at radius 1 is 1.23 bits per heavy atom. The van der Waals surface area contributed by atoms with Crippen LogP contribution in [0.4, 0.5) is 0 Å². The molecule has 1 amide bonds. The lowest BCUT2D eigenvalue weighted by Crippen LogP contribution is -2.25. The summed E-state index contributed by atoms with van der Waals surface area (Å²) in [6.45, 7) is 5.40. The van der Waals surface area contributed by atoms with Gasteiger partial charge in [0.25, 0.3) is 0 Å². The zero-order valence-corrected chi connectivity index (χ0v) is 16.1. The maximum absolute atomic E-state index is 12.0. The molecule has 0 aliphatic carbocycles. The van der Waals surface area contributed by atoms with E-state index in [1.165, 1.54) is 0 Å². The fourth-order valence-corrected chi connectivity index (χ4v) is 3.16. The Balaban J connectivity index is 0.00000243. The number of carbonyl (C=O) groups excluding carboxylic acids is 1. The highest BCUT2D eigenvalue weighted by molar-refractivity contribution is 5.92. The van der Waals surface area contributed by atoms with Crippen molar-refractivity contribution >= 4 is 34.9 Å². The summed E-state index contributed by atoms with van der Waals surface area (Å²) in [6.07, 6.45) is 2.98. The molecule has 0 atom stereocenters. The number of benzene rings is 1. The molecule has 1 aromatic carbocycles. The molecule has 7 heteroatoms. The van der Waals surface area contributed by atoms with Crippen LogP contribution in [-0.4, -0.2) is 33.6 Å². The lowest BCUT2D eigenvalue weighted by atomic mass is 10.1. The van der Waals surface area contributed by atoms with E-state index in [2.05, 4.69) is 10.4 Å². The van der Waals surface area contributed by atoms with E-state index in [4.69, 9.17) is 10.7 Å². The highest BCUT2D eigenvalue weighted by Crippen LogP contribution is 2.22. The normalized spacial score (nSPS) is 10.9. The third-order valence-corrected chi connectivity index (χ3v) is 4.57. The van der Waals surface area contributed by atoms with E-state index in [1.54, 1.807) is 0 Å². The molecule has 0 fully saturated rings. The minimum atomic E-state index is 0. The molecular weight excluding hydrogens is 350 g/mol. The predicted octanol–water partition coefficient (Wildman–Crippen LogP) is 2.71. The summed E-state index contributed by atoms with van der Waals surface area (Å²) < 4.78 is 1.89. The standard InChI is InChI=1S/C19H25N5O.ClH/c1-13-15(9-10-18(25)21-12-6-5-11-20)14(2)24-19(22-13)16-7-3-4-8-17(16)23-24;/h3-4,7-8H,5-6,9-12,20H2,1-2H3,(H,21,25);1H. The van der Waals surface area contributed by atoms with Gasteiger partial charge in [0.1, 0.15) is 0 Å². The molecule has 6 nitrogen and oxygen atoms in total. The Morgan fingerprint density at radius 2 is 2.00 bits per heavy atom. The van der Waals surface area contributed by atoms with Crippen LogP contribution in [0.1, 0.15) is 36.2 Å². The number of unbranched alkanes of at least 4 members (excludes halogenated alkanes) is 1. The summed E-state index contributed by atoms with van der Waals surface area (Å²) in [5.41, 5.74) is 10.4. The highest BCUT2D eigenvalue weighted by Gasteiger charge is 2.14. The van der Waals surface area contributed by atoms with Crippen molar-refractivity contribution in [2.75, 3.05) is 13.1 Å². The fraction of sp³-hybridized carbons (Fsp3) is 0.421. The van der Waals surface area contributed by atoms with Gasteiger partial charge >= 0.3 is 0 Å². The van der Waals surface area contributed by atoms with Gasteiger partial charge in [-0.1, -0.05) is 12.1 Å². The number of hydrogen-bond acceptors (Lipinski definition) is 4. The minimum Gasteiger partial charge on any atom is -0.356 e. The highest BCUT2D eigenvalue weighted by atomic mass is 35.5. The summed E-state index contributed by atoms with van der Waals surface area (Å²) in [6, 6.07) is 8.01. The molecule has 0 saturated carbocycles. The third kappa shape index (κ3) is 4.14. The van der Waals surface area contributed by atoms with Gasteiger partial charge in [-0.25, -0.2) is 9.50 Å². The average molecular weight is 376 g/mol. The first-order valence-corrected chi connectivity index (χ1v) is 8.82. The van der Waals surface area contributed by atoms with Crippen LogP contribution >= 0.6 is 12.4 Å². The molecule has 0 bridgehead atoms. The van der Waals surface area contributed by atoms with Crippen molar-refractivity contribution in [2.45, 2.75) is 39.5 Å². The molecule has 2 heterocycles. The van der Waals surface area contributed by atoms with Gasteiger partial charge < -0.3 is 11.1 Å². The smallest absolute Gasteiger partial charge is 0.220 e. The van der Waals surface area contributed by atoms with E-state index in [0.29, 0.717) is 25.9 Å². The number of nitrogens with two attached hydrogens (primary N) is 1. The number of carbonyl (C=O) groups is 1. The number of hydrogen-bond donors (Lipinski definition) is 2. The van der Waals surface area contributed by atoms with E-state index in [1.807, 2.05) is 42.6 Å². The Bertz CT molecular complexity index is 906. The van der Waals surface area contributed by atoms with Crippen LogP contribution in [0.5, 0.6) is 0 Å². The van der Waals surface area contributed by atoms with Crippen LogP contribution in [0.25, 0.3) is 16.6 Å². The Morgan fingerprint density at radius 3 is 2.77 bits per heavy atom. The third-order valence-electron chi connectivity index (χ3n) is 4.57. The molecule has 3 N–H and O–H groups in total. The van der Waals surface area contributed by atoms with Crippen LogP contribution in [0.3, 0.4) is 0 Å². The predicted molar refractivity (Wildman–Crippen MR) is 107 cm³/mol. The van der Waals surface area contributed by atoms with Crippen molar-refractivity contribution in [1.82, 2.24) is 19.9 Å². The van der Waals surface area contributed by atoms with Gasteiger partial charge in [0, 0.05) is 29.7 Å². The summed E-state index contributed by atoms with van der Waals surface area (Å²) in [7, 11) is 0. The van der Waals surface area contributed by atoms with Crippen molar-refractivity contribution in [3.8, 4) is 0 Å². The second-order valence-corrected chi connectivity index (χ2v) is 6.36. The van der Waals surface area contributed by atoms with Crippen molar-refractivity contribution < 1.29 is 4.79 Å². The van der Waals surface area contributed by atoms with Gasteiger partial charge in [0.05, 0.1) is 5.52 Å². The molecule has 2 aromatic heterocycles. The molecular formula is C19H26ClN5O. The number of rotatable bonds is 7. The number of nitrogens with zero attached hydrogens (tertiary/aromatic N) is 3. The summed E-state index contributed by atoms with van der Waals surface area (Å²) in [5.74, 6) is 0.0709. The maximum Gasteiger partial charge on any atom is 0.220 e. The first kappa shape index (κ1) is 20.1. The SMILES string of the molecule is Cc1nc2c3ccccc3nn2c(C)c1CCC(=O)NCCCCN.Cl. The number of aromatic nitrogens is 3. The summed E-state index contributed by atoms with van der Waals surface area (Å²) >= 11 is 0. The van der Waals surface area contributed by atoms with Gasteiger partial charge in [-0.3, -0.25) is 4.79 Å². The number of aryl methyl sites for hydroxylation is 2. The molecule has 0 saturated heterocycles. The largest absolute Gasteiger partial charge is 0.356 e. The van der Waals surface area contributed by atoms with Crippen LogP contribution in [0.2, 0.25) is 0 Å². The van der Waals surface area contributed by atoms with Gasteiger partial charge in [0.15, 0.2) is 5.65 Å². The van der Waals surface area contributed by atoms with Crippen molar-refractivity contribution in [2.24, 2.45) is 5.73 Å². The Hall–Kier alpha value is -2.18. The number of amides is 1. The maximum atomic E-state index is 12.0. The van der Waals surface area contributed by atoms with Crippen LogP contribution in [-0.2, 0) is 11.2 Å². The zero-order chi connectivity index (χ0) is 17.8. The van der Waals surface area contributed by atoms with Crippen molar-refractivity contribution in [3.63, 3.8) is 0 Å². The molecule has 0 unspecified atom stereocenters. The monoisotopic (exact) mass is 375 g/mol. The first-order valence-electron chi connectivity index (χ1n) is 8.82. The van der Waals surface area contributed by atoms with Crippen LogP contribution in [0.15, 0.2) is 24.3 Å². The van der Waals surface area contributed by atoms with Gasteiger partial charge in [-0.2, -0.15) is 5.10 Å². The molecule has 0 aliphatic rings. The Kier molecular flexibility index (Phi) is 6.94. The number of fused-ring (bicyclic) bond motifs is 3. The molecule has 3 rings (SSSR count). The molecule has 26 heavy (non-hydrogen) atoms. The van der Waals surface area contributed by atoms with E-state index in [9.17, 15) is 4.79 Å². The summed E-state index contributed by atoms with van der Waals surface area (Å²) in [5, 5.41) is 8.66. The van der Waals surface area contributed by atoms with E-state index in [-0.39, 0.29) is 18.3 Å². The van der Waals surface area contributed by atoms with E-state index < -0.39 is 0 Å². The second kappa shape index (κ2) is 8.96. The van der Waals surface area contributed by atoms with Gasteiger partial charge in [-0.05, 0) is 57.4 Å². The van der Waals surface area contributed by atoms with Crippen LogP contribution < -0.4 is 11.1 Å². The molecule has 0 aliphatic heterocycles. The number of halogens is 1.